The van der Waals surface area contributed by atoms with Crippen molar-refractivity contribution in [3.8, 4) is 0 Å². The first kappa shape index (κ1) is 14.9. The quantitative estimate of drug-likeness (QED) is 0.719. The van der Waals surface area contributed by atoms with Crippen LogP contribution in [-0.2, 0) is 0 Å². The summed E-state index contributed by atoms with van der Waals surface area (Å²) < 4.78 is 0. The number of hydrogen-bond donors (Lipinski definition) is 1. The van der Waals surface area contributed by atoms with Crippen LogP contribution in [0.3, 0.4) is 0 Å². The largest absolute Gasteiger partial charge is 0.330 e. The van der Waals surface area contributed by atoms with E-state index in [1.54, 1.807) is 0 Å². The lowest BCUT2D eigenvalue weighted by Gasteiger charge is -2.38. The van der Waals surface area contributed by atoms with E-state index in [0.717, 1.165) is 19.6 Å². The number of nitrogens with zero attached hydrogens (tertiary/aromatic N) is 3. The lowest BCUT2D eigenvalue weighted by molar-refractivity contribution is 0.0952. The molecule has 1 aliphatic heterocycles. The first-order chi connectivity index (χ1) is 7.93. The Bertz CT molecular complexity index is 207. The molecule has 0 amide bonds. The van der Waals surface area contributed by atoms with Gasteiger partial charge in [0.05, 0.1) is 0 Å². The van der Waals surface area contributed by atoms with Crippen LogP contribution in [0, 0.1) is 5.41 Å². The second kappa shape index (κ2) is 6.69. The van der Waals surface area contributed by atoms with Crippen molar-refractivity contribution in [2.45, 2.75) is 13.8 Å². The molecule has 0 aromatic carbocycles. The maximum Gasteiger partial charge on any atom is 0.0110 e. The number of nitrogens with two attached hydrogens (primary N) is 1. The van der Waals surface area contributed by atoms with Crippen LogP contribution in [0.5, 0.6) is 0 Å². The van der Waals surface area contributed by atoms with Gasteiger partial charge in [0.2, 0.25) is 0 Å². The van der Waals surface area contributed by atoms with E-state index >= 15 is 0 Å². The molecule has 0 unspecified atom stereocenters. The second-order valence-corrected chi connectivity index (χ2v) is 6.29. The van der Waals surface area contributed by atoms with E-state index in [-0.39, 0.29) is 5.41 Å². The molecule has 0 radical (unpaired) electrons. The van der Waals surface area contributed by atoms with Gasteiger partial charge in [-0.25, -0.2) is 0 Å². The Morgan fingerprint density at radius 2 is 1.59 bits per heavy atom. The summed E-state index contributed by atoms with van der Waals surface area (Å²) in [6, 6.07) is 0. The third kappa shape index (κ3) is 5.82. The summed E-state index contributed by atoms with van der Waals surface area (Å²) in [5, 5.41) is 0. The van der Waals surface area contributed by atoms with Gasteiger partial charge < -0.3 is 15.5 Å². The van der Waals surface area contributed by atoms with Crippen molar-refractivity contribution >= 4 is 0 Å². The zero-order chi connectivity index (χ0) is 12.9. The van der Waals surface area contributed by atoms with Crippen molar-refractivity contribution in [3.05, 3.63) is 0 Å². The number of rotatable bonds is 6. The van der Waals surface area contributed by atoms with E-state index in [9.17, 15) is 0 Å². The topological polar surface area (TPSA) is 35.7 Å². The SMILES string of the molecule is CN(C)CCN1CCN(CC(C)(C)CN)CC1. The summed E-state index contributed by atoms with van der Waals surface area (Å²) in [5.74, 6) is 0. The van der Waals surface area contributed by atoms with Gasteiger partial charge in [0.1, 0.15) is 0 Å². The van der Waals surface area contributed by atoms with Gasteiger partial charge in [-0.05, 0) is 26.1 Å². The highest BCUT2D eigenvalue weighted by Crippen LogP contribution is 2.16. The van der Waals surface area contributed by atoms with Crippen LogP contribution < -0.4 is 5.73 Å². The van der Waals surface area contributed by atoms with Gasteiger partial charge in [-0.15, -0.1) is 0 Å². The maximum atomic E-state index is 5.79. The molecule has 0 atom stereocenters. The summed E-state index contributed by atoms with van der Waals surface area (Å²) in [4.78, 5) is 7.37. The fraction of sp³-hybridized carbons (Fsp3) is 1.00. The van der Waals surface area contributed by atoms with E-state index in [4.69, 9.17) is 5.73 Å². The molecule has 0 aliphatic carbocycles. The van der Waals surface area contributed by atoms with Gasteiger partial charge in [0.25, 0.3) is 0 Å². The van der Waals surface area contributed by atoms with E-state index in [1.807, 2.05) is 0 Å². The van der Waals surface area contributed by atoms with E-state index in [1.165, 1.54) is 32.7 Å². The molecule has 0 aromatic rings. The molecule has 4 heteroatoms. The molecule has 0 saturated carbocycles. The van der Waals surface area contributed by atoms with Crippen LogP contribution in [0.25, 0.3) is 0 Å². The van der Waals surface area contributed by atoms with Gasteiger partial charge in [-0.3, -0.25) is 4.90 Å². The Morgan fingerprint density at radius 1 is 1.06 bits per heavy atom. The van der Waals surface area contributed by atoms with E-state index in [2.05, 4.69) is 42.6 Å². The first-order valence-corrected chi connectivity index (χ1v) is 6.72. The normalized spacial score (nSPS) is 20.1. The Balaban J connectivity index is 2.21. The molecular weight excluding hydrogens is 212 g/mol. The third-order valence-electron chi connectivity index (χ3n) is 3.53. The summed E-state index contributed by atoms with van der Waals surface area (Å²) >= 11 is 0. The lowest BCUT2D eigenvalue weighted by atomic mass is 9.93. The molecule has 1 aliphatic rings. The summed E-state index contributed by atoms with van der Waals surface area (Å²) in [6.45, 7) is 13.6. The molecule has 17 heavy (non-hydrogen) atoms. The average Bonchev–Trinajstić information content (AvgIpc) is 2.28. The van der Waals surface area contributed by atoms with Gasteiger partial charge in [-0.2, -0.15) is 0 Å². The number of hydrogen-bond acceptors (Lipinski definition) is 4. The summed E-state index contributed by atoms with van der Waals surface area (Å²) in [7, 11) is 4.28. The van der Waals surface area contributed by atoms with Crippen molar-refractivity contribution in [1.82, 2.24) is 14.7 Å². The molecule has 1 fully saturated rings. The highest BCUT2D eigenvalue weighted by Gasteiger charge is 2.23. The number of likely N-dealkylation sites (N-methyl/N-ethyl adjacent to an activating group) is 1. The zero-order valence-corrected chi connectivity index (χ0v) is 12.1. The molecule has 1 heterocycles. The van der Waals surface area contributed by atoms with Crippen LogP contribution in [0.2, 0.25) is 0 Å². The zero-order valence-electron chi connectivity index (χ0n) is 12.1. The maximum absolute atomic E-state index is 5.79. The third-order valence-corrected chi connectivity index (χ3v) is 3.53. The van der Waals surface area contributed by atoms with Crippen LogP contribution in [0.1, 0.15) is 13.8 Å². The van der Waals surface area contributed by atoms with Crippen molar-refractivity contribution in [1.29, 1.82) is 0 Å². The molecule has 2 N–H and O–H groups in total. The first-order valence-electron chi connectivity index (χ1n) is 6.72. The van der Waals surface area contributed by atoms with Gasteiger partial charge in [0.15, 0.2) is 0 Å². The van der Waals surface area contributed by atoms with Gasteiger partial charge in [0, 0.05) is 45.8 Å². The molecule has 102 valence electrons. The molecule has 0 bridgehead atoms. The van der Waals surface area contributed by atoms with Crippen LogP contribution >= 0.6 is 0 Å². The fourth-order valence-electron chi connectivity index (χ4n) is 2.18. The average molecular weight is 242 g/mol. The van der Waals surface area contributed by atoms with Crippen LogP contribution in [-0.4, -0.2) is 81.2 Å². The Kier molecular flexibility index (Phi) is 5.86. The molecule has 1 saturated heterocycles. The second-order valence-electron chi connectivity index (χ2n) is 6.29. The Labute approximate surface area is 107 Å². The molecule has 1 rings (SSSR count). The summed E-state index contributed by atoms with van der Waals surface area (Å²) in [5.41, 5.74) is 6.04. The minimum Gasteiger partial charge on any atom is -0.330 e. The predicted octanol–water partition coefficient (Wildman–Crippen LogP) is 0.151. The van der Waals surface area contributed by atoms with Crippen molar-refractivity contribution < 1.29 is 0 Å². The van der Waals surface area contributed by atoms with Crippen LogP contribution in [0.4, 0.5) is 0 Å². The minimum absolute atomic E-state index is 0.256. The van der Waals surface area contributed by atoms with Crippen LogP contribution in [0.15, 0.2) is 0 Å². The summed E-state index contributed by atoms with van der Waals surface area (Å²) in [6.07, 6.45) is 0. The highest BCUT2D eigenvalue weighted by molar-refractivity contribution is 4.79. The van der Waals surface area contributed by atoms with Gasteiger partial charge >= 0.3 is 0 Å². The molecule has 4 nitrogen and oxygen atoms in total. The van der Waals surface area contributed by atoms with Crippen molar-refractivity contribution in [2.75, 3.05) is 66.5 Å². The predicted molar refractivity (Wildman–Crippen MR) is 74.3 cm³/mol. The molecular formula is C13H30N4. The fourth-order valence-corrected chi connectivity index (χ4v) is 2.18. The highest BCUT2D eigenvalue weighted by atomic mass is 15.3. The van der Waals surface area contributed by atoms with Gasteiger partial charge in [-0.1, -0.05) is 13.8 Å². The van der Waals surface area contributed by atoms with Crippen molar-refractivity contribution in [3.63, 3.8) is 0 Å². The smallest absolute Gasteiger partial charge is 0.0110 e. The molecule has 0 spiro atoms. The van der Waals surface area contributed by atoms with E-state index < -0.39 is 0 Å². The monoisotopic (exact) mass is 242 g/mol. The Hall–Kier alpha value is -0.160. The number of piperazine rings is 1. The Morgan fingerprint density at radius 3 is 2.06 bits per heavy atom. The molecule has 0 aromatic heterocycles. The lowest BCUT2D eigenvalue weighted by Crippen LogP contribution is -2.51. The van der Waals surface area contributed by atoms with Crippen molar-refractivity contribution in [2.24, 2.45) is 11.1 Å². The standard InChI is InChI=1S/C13H30N4/c1-13(2,11-14)12-17-9-7-16(8-10-17)6-5-15(3)4/h5-12,14H2,1-4H3. The van der Waals surface area contributed by atoms with E-state index in [0.29, 0.717) is 0 Å². The minimum atomic E-state index is 0.256.